The first-order valence-corrected chi connectivity index (χ1v) is 31.4. The number of carbonyl (C=O) groups is 7. The lowest BCUT2D eigenvalue weighted by molar-refractivity contribution is -0.168. The fourth-order valence-electron chi connectivity index (χ4n) is 14.0. The van der Waals surface area contributed by atoms with Crippen molar-refractivity contribution in [1.29, 1.82) is 0 Å². The molecule has 0 aromatic carbocycles. The summed E-state index contributed by atoms with van der Waals surface area (Å²) in [4.78, 5) is 95.1. The first-order valence-electron chi connectivity index (χ1n) is 31.4. The van der Waals surface area contributed by atoms with Crippen LogP contribution in [-0.4, -0.2) is 125 Å². The number of ether oxygens (including phenoxy) is 4. The standard InChI is InChI=1S/C65H113N5O11/c1-44(2)23-22-24-45(3)49-29-30-50-48-28-27-46-41-47(31-35-64(46,16)51(48)32-36-65(49,50)17)70(59(77)81-63(13,14)15)40-21-19-26-53(71)67-38-34-55(73)68-39-33-54(72)66-37-20-18-25-52(58(76)80-62(10,11)12)69(42-56(74)78-60(4,5)6)43-57(75)79-61(7,8)9/h27,44-45,47-52H,18-26,28-43H2,1-17H3,(H,66,72)(H,67,71)(H,68,73)/t45?,47-,48?,49+,50?,51?,52-,64-,65+/m0/s1. The minimum atomic E-state index is -0.971. The number of rotatable bonds is 28. The summed E-state index contributed by atoms with van der Waals surface area (Å²) in [6, 6.07) is -0.918. The van der Waals surface area contributed by atoms with E-state index < -0.39 is 46.4 Å². The van der Waals surface area contributed by atoms with Crippen molar-refractivity contribution >= 4 is 41.7 Å². The highest BCUT2D eigenvalue weighted by Crippen LogP contribution is 2.67. The molecule has 0 saturated heterocycles. The minimum Gasteiger partial charge on any atom is -0.459 e. The molecule has 0 heterocycles. The molecule has 0 aromatic rings. The smallest absolute Gasteiger partial charge is 0.410 e. The van der Waals surface area contributed by atoms with Crippen molar-refractivity contribution in [1.82, 2.24) is 25.8 Å². The number of hydrogen-bond donors (Lipinski definition) is 3. The van der Waals surface area contributed by atoms with Crippen molar-refractivity contribution < 1.29 is 52.5 Å². The third kappa shape index (κ3) is 22.7. The van der Waals surface area contributed by atoms with Crippen LogP contribution >= 0.6 is 0 Å². The quantitative estimate of drug-likeness (QED) is 0.0290. The Morgan fingerprint density at radius 2 is 1.15 bits per heavy atom. The van der Waals surface area contributed by atoms with Crippen LogP contribution in [0.25, 0.3) is 0 Å². The summed E-state index contributed by atoms with van der Waals surface area (Å²) in [5.74, 6) is 2.13. The number of fused-ring (bicyclic) bond motifs is 5. The number of carbonyl (C=O) groups excluding carboxylic acids is 7. The first-order chi connectivity index (χ1) is 37.5. The van der Waals surface area contributed by atoms with Gasteiger partial charge in [-0.1, -0.05) is 65.5 Å². The summed E-state index contributed by atoms with van der Waals surface area (Å²) in [6.07, 6.45) is 18.6. The number of allylic oxidation sites excluding steroid dienone is 1. The fraction of sp³-hybridized carbons (Fsp3) is 0.862. The highest BCUT2D eigenvalue weighted by atomic mass is 16.6. The van der Waals surface area contributed by atoms with Gasteiger partial charge < -0.3 is 39.8 Å². The van der Waals surface area contributed by atoms with Crippen LogP contribution in [-0.2, 0) is 47.7 Å². The molecule has 464 valence electrons. The molecule has 81 heavy (non-hydrogen) atoms. The Morgan fingerprint density at radius 3 is 1.70 bits per heavy atom. The molecule has 3 N–H and O–H groups in total. The third-order valence-corrected chi connectivity index (χ3v) is 17.6. The molecule has 4 aliphatic carbocycles. The van der Waals surface area contributed by atoms with Crippen molar-refractivity contribution in [3.8, 4) is 0 Å². The molecule has 0 spiro atoms. The summed E-state index contributed by atoms with van der Waals surface area (Å²) < 4.78 is 22.8. The normalized spacial score (nSPS) is 24.6. The summed E-state index contributed by atoms with van der Waals surface area (Å²) in [6.45, 7) is 34.2. The Hall–Kier alpha value is -4.21. The van der Waals surface area contributed by atoms with E-state index >= 15 is 0 Å². The average molecular weight is 1140 g/mol. The van der Waals surface area contributed by atoms with E-state index in [-0.39, 0.29) is 87.1 Å². The Morgan fingerprint density at radius 1 is 0.593 bits per heavy atom. The second-order valence-electron chi connectivity index (χ2n) is 29.5. The summed E-state index contributed by atoms with van der Waals surface area (Å²) in [5, 5.41) is 8.45. The third-order valence-electron chi connectivity index (χ3n) is 17.6. The predicted molar refractivity (Wildman–Crippen MR) is 319 cm³/mol. The second-order valence-corrected chi connectivity index (χ2v) is 29.5. The van der Waals surface area contributed by atoms with E-state index in [2.05, 4.69) is 56.6 Å². The summed E-state index contributed by atoms with van der Waals surface area (Å²) >= 11 is 0. The molecular formula is C65H113N5O11. The average Bonchev–Trinajstić information content (AvgIpc) is 3.72. The van der Waals surface area contributed by atoms with E-state index in [1.807, 2.05) is 25.7 Å². The zero-order chi connectivity index (χ0) is 60.7. The molecule has 0 aliphatic heterocycles. The van der Waals surface area contributed by atoms with Crippen molar-refractivity contribution in [2.24, 2.45) is 46.3 Å². The van der Waals surface area contributed by atoms with Gasteiger partial charge in [0.2, 0.25) is 17.7 Å². The zero-order valence-corrected chi connectivity index (χ0v) is 53.8. The van der Waals surface area contributed by atoms with Crippen LogP contribution in [0.4, 0.5) is 4.79 Å². The lowest BCUT2D eigenvalue weighted by Crippen LogP contribution is -2.53. The van der Waals surface area contributed by atoms with Gasteiger partial charge in [0, 0.05) is 51.5 Å². The highest BCUT2D eigenvalue weighted by Gasteiger charge is 2.59. The Balaban J connectivity index is 1.18. The Bertz CT molecular complexity index is 2100. The van der Waals surface area contributed by atoms with E-state index in [1.165, 1.54) is 49.8 Å². The molecule has 3 fully saturated rings. The SMILES string of the molecule is CC(C)CCCC(C)[C@H]1CCC2C3CC=C4C[C@@H](N(CCCCC(=O)NCCC(=O)NCCC(=O)NCCCC[C@@H](C(=O)OC(C)(C)C)N(CC(=O)OC(C)(C)C)CC(=O)OC(C)(C)C)C(=O)OC(C)(C)C)CC[C@]4(C)C3CC[C@@]21C. The molecule has 0 aromatic heterocycles. The van der Waals surface area contributed by atoms with Gasteiger partial charge in [-0.25, -0.2) is 4.79 Å². The van der Waals surface area contributed by atoms with Gasteiger partial charge in [0.25, 0.3) is 0 Å². The van der Waals surface area contributed by atoms with E-state index in [4.69, 9.17) is 18.9 Å². The van der Waals surface area contributed by atoms with Gasteiger partial charge in [-0.05, 0) is 213 Å². The van der Waals surface area contributed by atoms with E-state index in [1.54, 1.807) is 67.9 Å². The number of nitrogens with one attached hydrogen (secondary N) is 3. The van der Waals surface area contributed by atoms with Gasteiger partial charge in [-0.15, -0.1) is 0 Å². The maximum absolute atomic E-state index is 13.9. The van der Waals surface area contributed by atoms with Gasteiger partial charge in [-0.2, -0.15) is 0 Å². The zero-order valence-electron chi connectivity index (χ0n) is 53.8. The molecule has 16 heteroatoms. The number of nitrogens with zero attached hydrogens (tertiary/aromatic N) is 2. The van der Waals surface area contributed by atoms with Crippen LogP contribution in [0.15, 0.2) is 11.6 Å². The largest absolute Gasteiger partial charge is 0.459 e. The number of amides is 4. The molecule has 4 amide bonds. The number of unbranched alkanes of at least 4 members (excludes halogenated alkanes) is 2. The maximum atomic E-state index is 13.9. The Kier molecular flexibility index (Phi) is 25.7. The number of hydrogen-bond acceptors (Lipinski definition) is 12. The summed E-state index contributed by atoms with van der Waals surface area (Å²) in [5.41, 5.74) is -0.873. The number of esters is 3. The molecule has 4 unspecified atom stereocenters. The molecule has 16 nitrogen and oxygen atoms in total. The van der Waals surface area contributed by atoms with Crippen LogP contribution in [0, 0.1) is 46.3 Å². The lowest BCUT2D eigenvalue weighted by atomic mass is 9.46. The predicted octanol–water partition coefficient (Wildman–Crippen LogP) is 11.8. The lowest BCUT2D eigenvalue weighted by Gasteiger charge is -2.59. The van der Waals surface area contributed by atoms with E-state index in [0.29, 0.717) is 50.1 Å². The molecule has 4 rings (SSSR count). The van der Waals surface area contributed by atoms with Crippen molar-refractivity contribution in [2.75, 3.05) is 39.3 Å². The molecular weight excluding hydrogens is 1030 g/mol. The minimum absolute atomic E-state index is 0.0515. The topological polar surface area (TPSA) is 199 Å². The van der Waals surface area contributed by atoms with Crippen LogP contribution in [0.1, 0.15) is 240 Å². The molecule has 0 bridgehead atoms. The van der Waals surface area contributed by atoms with E-state index in [9.17, 15) is 33.6 Å². The summed E-state index contributed by atoms with van der Waals surface area (Å²) in [7, 11) is 0. The highest BCUT2D eigenvalue weighted by molar-refractivity contribution is 5.81. The van der Waals surface area contributed by atoms with Gasteiger partial charge >= 0.3 is 24.0 Å². The van der Waals surface area contributed by atoms with Gasteiger partial charge in [0.1, 0.15) is 28.4 Å². The molecule has 0 radical (unpaired) electrons. The monoisotopic (exact) mass is 1140 g/mol. The van der Waals surface area contributed by atoms with Gasteiger partial charge in [-0.3, -0.25) is 33.7 Å². The van der Waals surface area contributed by atoms with Gasteiger partial charge in [0.15, 0.2) is 0 Å². The van der Waals surface area contributed by atoms with Crippen molar-refractivity contribution in [3.63, 3.8) is 0 Å². The van der Waals surface area contributed by atoms with Gasteiger partial charge in [0.05, 0.1) is 13.1 Å². The molecule has 3 saturated carbocycles. The molecule has 4 aliphatic rings. The van der Waals surface area contributed by atoms with Crippen LogP contribution in [0.3, 0.4) is 0 Å². The van der Waals surface area contributed by atoms with Crippen LogP contribution in [0.2, 0.25) is 0 Å². The van der Waals surface area contributed by atoms with Crippen molar-refractivity contribution in [2.45, 2.75) is 274 Å². The molecule has 9 atom stereocenters. The fourth-order valence-corrected chi connectivity index (χ4v) is 14.0. The Labute approximate surface area is 489 Å². The second kappa shape index (κ2) is 30.0. The van der Waals surface area contributed by atoms with Crippen molar-refractivity contribution in [3.05, 3.63) is 11.6 Å². The maximum Gasteiger partial charge on any atom is 0.410 e. The first kappa shape index (κ1) is 69.3. The van der Waals surface area contributed by atoms with Crippen LogP contribution in [0.5, 0.6) is 0 Å². The van der Waals surface area contributed by atoms with Crippen LogP contribution < -0.4 is 16.0 Å². The van der Waals surface area contributed by atoms with E-state index in [0.717, 1.165) is 55.3 Å².